The van der Waals surface area contributed by atoms with Crippen LogP contribution in [-0.2, 0) is 23.4 Å². The molecular formula is C19H23N3O4. The normalized spacial score (nSPS) is 19.0. The molecule has 1 aromatic carbocycles. The van der Waals surface area contributed by atoms with Gasteiger partial charge in [0.25, 0.3) is 11.5 Å². The molecule has 0 bridgehead atoms. The van der Waals surface area contributed by atoms with Crippen molar-refractivity contribution in [3.63, 3.8) is 0 Å². The van der Waals surface area contributed by atoms with Crippen molar-refractivity contribution in [3.05, 3.63) is 57.8 Å². The molecule has 1 aliphatic rings. The van der Waals surface area contributed by atoms with Crippen molar-refractivity contribution >= 4 is 5.91 Å². The smallest absolute Gasteiger partial charge is 0.296 e. The van der Waals surface area contributed by atoms with E-state index in [0.29, 0.717) is 25.4 Å². The second-order valence-corrected chi connectivity index (χ2v) is 6.59. The maximum absolute atomic E-state index is 12.5. The van der Waals surface area contributed by atoms with Gasteiger partial charge >= 0.3 is 0 Å². The van der Waals surface area contributed by atoms with Crippen molar-refractivity contribution in [2.45, 2.75) is 45.4 Å². The molecule has 1 atom stereocenters. The highest BCUT2D eigenvalue weighted by molar-refractivity contribution is 5.94. The van der Waals surface area contributed by atoms with E-state index in [1.807, 2.05) is 44.2 Å². The Morgan fingerprint density at radius 2 is 2.12 bits per heavy atom. The number of fused-ring (bicyclic) bond motifs is 1. The van der Waals surface area contributed by atoms with E-state index in [-0.39, 0.29) is 12.2 Å². The summed E-state index contributed by atoms with van der Waals surface area (Å²) in [4.78, 5) is 29.4. The van der Waals surface area contributed by atoms with Gasteiger partial charge in [0.2, 0.25) is 5.75 Å². The molecule has 0 saturated heterocycles. The van der Waals surface area contributed by atoms with E-state index < -0.39 is 22.8 Å². The van der Waals surface area contributed by atoms with E-state index in [9.17, 15) is 14.7 Å². The van der Waals surface area contributed by atoms with E-state index in [1.165, 1.54) is 4.57 Å². The monoisotopic (exact) mass is 357 g/mol. The van der Waals surface area contributed by atoms with Gasteiger partial charge in [-0.3, -0.25) is 14.2 Å². The van der Waals surface area contributed by atoms with Gasteiger partial charge < -0.3 is 15.2 Å². The van der Waals surface area contributed by atoms with Crippen LogP contribution >= 0.6 is 0 Å². The summed E-state index contributed by atoms with van der Waals surface area (Å²) in [5.74, 6) is -0.824. The number of ether oxygens (including phenoxy) is 1. The number of carbonyl (C=O) groups is 1. The number of nitrogens with one attached hydrogen (secondary N) is 1. The summed E-state index contributed by atoms with van der Waals surface area (Å²) in [5.41, 5.74) is -0.710. The highest BCUT2D eigenvalue weighted by Gasteiger charge is 2.37. The lowest BCUT2D eigenvalue weighted by molar-refractivity contribution is -0.0763. The number of aromatic hydroxyl groups is 1. The molecule has 2 heterocycles. The lowest BCUT2D eigenvalue weighted by atomic mass is 9.97. The summed E-state index contributed by atoms with van der Waals surface area (Å²) in [5, 5.41) is 12.9. The summed E-state index contributed by atoms with van der Waals surface area (Å²) in [6.45, 7) is 4.82. The molecule has 138 valence electrons. The second-order valence-electron chi connectivity index (χ2n) is 6.59. The Morgan fingerprint density at radius 1 is 1.38 bits per heavy atom. The van der Waals surface area contributed by atoms with Crippen molar-refractivity contribution in [1.29, 1.82) is 0 Å². The number of aromatic nitrogens is 2. The minimum Gasteiger partial charge on any atom is -0.501 e. The standard InChI is InChI=1S/C19H23N3O4/c1-3-9-19(2)18-21-14(15(23)17(25)22(18)10-11-26-19)16(24)20-12-13-7-5-4-6-8-13/h4-8,23H,3,9-12H2,1-2H3,(H,20,24). The average Bonchev–Trinajstić information content (AvgIpc) is 2.64. The van der Waals surface area contributed by atoms with Crippen LogP contribution in [0.25, 0.3) is 0 Å². The fraction of sp³-hybridized carbons (Fsp3) is 0.421. The van der Waals surface area contributed by atoms with Crippen LogP contribution in [-0.4, -0.2) is 27.2 Å². The average molecular weight is 357 g/mol. The van der Waals surface area contributed by atoms with Gasteiger partial charge in [0.15, 0.2) is 5.69 Å². The van der Waals surface area contributed by atoms with Crippen LogP contribution in [0.3, 0.4) is 0 Å². The van der Waals surface area contributed by atoms with Gasteiger partial charge in [-0.1, -0.05) is 43.7 Å². The van der Waals surface area contributed by atoms with Crippen LogP contribution in [0.1, 0.15) is 48.6 Å². The molecular weight excluding hydrogens is 334 g/mol. The fourth-order valence-corrected chi connectivity index (χ4v) is 3.26. The largest absolute Gasteiger partial charge is 0.501 e. The Bertz CT molecular complexity index is 863. The molecule has 0 saturated carbocycles. The van der Waals surface area contributed by atoms with E-state index in [4.69, 9.17) is 4.74 Å². The third kappa shape index (κ3) is 3.35. The van der Waals surface area contributed by atoms with Crippen molar-refractivity contribution in [2.75, 3.05) is 6.61 Å². The van der Waals surface area contributed by atoms with E-state index >= 15 is 0 Å². The Morgan fingerprint density at radius 3 is 2.81 bits per heavy atom. The summed E-state index contributed by atoms with van der Waals surface area (Å²) in [6, 6.07) is 9.38. The predicted octanol–water partition coefficient (Wildman–Crippen LogP) is 1.92. The molecule has 0 radical (unpaired) electrons. The van der Waals surface area contributed by atoms with Crippen LogP contribution in [0.2, 0.25) is 0 Å². The summed E-state index contributed by atoms with van der Waals surface area (Å²) < 4.78 is 7.26. The fourth-order valence-electron chi connectivity index (χ4n) is 3.26. The van der Waals surface area contributed by atoms with Crippen molar-refractivity contribution < 1.29 is 14.6 Å². The van der Waals surface area contributed by atoms with Gasteiger partial charge in [-0.15, -0.1) is 0 Å². The molecule has 26 heavy (non-hydrogen) atoms. The molecule has 1 aliphatic heterocycles. The van der Waals surface area contributed by atoms with Crippen molar-refractivity contribution in [3.8, 4) is 5.75 Å². The number of hydrogen-bond acceptors (Lipinski definition) is 5. The topological polar surface area (TPSA) is 93.5 Å². The molecule has 0 fully saturated rings. The third-order valence-electron chi connectivity index (χ3n) is 4.59. The zero-order chi connectivity index (χ0) is 18.7. The van der Waals surface area contributed by atoms with Crippen LogP contribution in [0.15, 0.2) is 35.1 Å². The lowest BCUT2D eigenvalue weighted by Crippen LogP contribution is -2.43. The molecule has 7 nitrogen and oxygen atoms in total. The molecule has 0 spiro atoms. The second kappa shape index (κ2) is 7.29. The zero-order valence-corrected chi connectivity index (χ0v) is 15.0. The minimum atomic E-state index is -0.756. The number of rotatable bonds is 5. The quantitative estimate of drug-likeness (QED) is 0.853. The number of amides is 1. The molecule has 2 N–H and O–H groups in total. The first-order chi connectivity index (χ1) is 12.5. The lowest BCUT2D eigenvalue weighted by Gasteiger charge is -2.35. The third-order valence-corrected chi connectivity index (χ3v) is 4.59. The molecule has 0 aliphatic carbocycles. The summed E-state index contributed by atoms with van der Waals surface area (Å²) in [7, 11) is 0. The van der Waals surface area contributed by atoms with Gasteiger partial charge in [-0.25, -0.2) is 4.98 Å². The molecule has 2 aromatic rings. The van der Waals surface area contributed by atoms with Crippen molar-refractivity contribution in [1.82, 2.24) is 14.9 Å². The summed E-state index contributed by atoms with van der Waals surface area (Å²) >= 11 is 0. The van der Waals surface area contributed by atoms with Gasteiger partial charge in [0.1, 0.15) is 11.4 Å². The molecule has 1 aromatic heterocycles. The first-order valence-corrected chi connectivity index (χ1v) is 8.76. The maximum Gasteiger partial charge on any atom is 0.296 e. The van der Waals surface area contributed by atoms with Crippen LogP contribution in [0.5, 0.6) is 5.75 Å². The summed E-state index contributed by atoms with van der Waals surface area (Å²) in [6.07, 6.45) is 1.50. The van der Waals surface area contributed by atoms with Crippen molar-refractivity contribution in [2.24, 2.45) is 0 Å². The van der Waals surface area contributed by atoms with Crippen LogP contribution < -0.4 is 10.9 Å². The predicted molar refractivity (Wildman–Crippen MR) is 96.0 cm³/mol. The molecule has 1 amide bonds. The molecule has 3 rings (SSSR count). The molecule has 1 unspecified atom stereocenters. The van der Waals surface area contributed by atoms with Gasteiger partial charge in [0.05, 0.1) is 13.2 Å². The highest BCUT2D eigenvalue weighted by atomic mass is 16.5. The van der Waals surface area contributed by atoms with Crippen LogP contribution in [0.4, 0.5) is 0 Å². The maximum atomic E-state index is 12.5. The number of hydrogen-bond donors (Lipinski definition) is 2. The first kappa shape index (κ1) is 18.1. The van der Waals surface area contributed by atoms with Gasteiger partial charge in [-0.2, -0.15) is 0 Å². The number of nitrogens with zero attached hydrogens (tertiary/aromatic N) is 2. The van der Waals surface area contributed by atoms with Crippen LogP contribution in [0, 0.1) is 0 Å². The Labute approximate surface area is 151 Å². The minimum absolute atomic E-state index is 0.259. The van der Waals surface area contributed by atoms with E-state index in [2.05, 4.69) is 10.3 Å². The SMILES string of the molecule is CCCC1(C)OCCn2c1nc(C(=O)NCc1ccccc1)c(O)c2=O. The first-order valence-electron chi connectivity index (χ1n) is 8.76. The van der Waals surface area contributed by atoms with Gasteiger partial charge in [-0.05, 0) is 18.9 Å². The van der Waals surface area contributed by atoms with E-state index in [1.54, 1.807) is 0 Å². The highest BCUT2D eigenvalue weighted by Crippen LogP contribution is 2.32. The Balaban J connectivity index is 1.94. The van der Waals surface area contributed by atoms with E-state index in [0.717, 1.165) is 12.0 Å². The zero-order valence-electron chi connectivity index (χ0n) is 15.0. The number of carbonyl (C=O) groups excluding carboxylic acids is 1. The Kier molecular flexibility index (Phi) is 5.08. The number of benzene rings is 1. The molecule has 7 heteroatoms. The Hall–Kier alpha value is -2.67. The van der Waals surface area contributed by atoms with Gasteiger partial charge in [0, 0.05) is 6.54 Å².